The maximum Gasteiger partial charge on any atom is 0.341 e. The number of nitrogens with zero attached hydrogens (tertiary/aromatic N) is 3. The molecule has 0 unspecified atom stereocenters. The molecule has 1 aliphatic carbocycles. The number of hydrogen-bond acceptors (Lipinski definition) is 10. The molecular weight excluding hydrogens is 486 g/mol. The number of nitrogens with two attached hydrogens (primary N) is 1. The third-order valence-corrected chi connectivity index (χ3v) is 7.75. The fourth-order valence-electron chi connectivity index (χ4n) is 3.97. The minimum absolute atomic E-state index is 0.0169. The molecule has 4 rings (SSSR count). The van der Waals surface area contributed by atoms with Crippen molar-refractivity contribution in [2.24, 2.45) is 0 Å². The molecule has 3 aromatic rings. The van der Waals surface area contributed by atoms with Crippen LogP contribution in [0.4, 0.5) is 10.8 Å². The zero-order valence-corrected chi connectivity index (χ0v) is 20.5. The summed E-state index contributed by atoms with van der Waals surface area (Å²) < 4.78 is 10.4. The van der Waals surface area contributed by atoms with E-state index in [1.54, 1.807) is 12.1 Å². The van der Waals surface area contributed by atoms with Gasteiger partial charge < -0.3 is 20.2 Å². The number of anilines is 2. The first kappa shape index (κ1) is 24.3. The molecule has 11 heteroatoms. The smallest absolute Gasteiger partial charge is 0.341 e. The third kappa shape index (κ3) is 4.87. The average molecular weight is 508 g/mol. The third-order valence-electron chi connectivity index (χ3n) is 5.56. The van der Waals surface area contributed by atoms with Gasteiger partial charge in [0, 0.05) is 17.1 Å². The minimum atomic E-state index is -0.449. The van der Waals surface area contributed by atoms with Gasteiger partial charge in [-0.05, 0) is 43.4 Å². The van der Waals surface area contributed by atoms with Crippen LogP contribution in [0, 0.1) is 22.7 Å². The summed E-state index contributed by atoms with van der Waals surface area (Å²) in [5, 5.41) is 23.0. The molecule has 0 saturated carbocycles. The van der Waals surface area contributed by atoms with Crippen molar-refractivity contribution < 1.29 is 18.7 Å². The van der Waals surface area contributed by atoms with Crippen molar-refractivity contribution in [1.82, 2.24) is 4.98 Å². The van der Waals surface area contributed by atoms with E-state index < -0.39 is 5.97 Å². The van der Waals surface area contributed by atoms with Crippen LogP contribution in [0.5, 0.6) is 0 Å². The highest BCUT2D eigenvalue weighted by Crippen LogP contribution is 2.39. The molecule has 3 heterocycles. The van der Waals surface area contributed by atoms with Crippen LogP contribution in [0.25, 0.3) is 11.3 Å². The van der Waals surface area contributed by atoms with Crippen molar-refractivity contribution in [2.45, 2.75) is 37.1 Å². The number of thiophene rings is 1. The molecular formula is C24H21N5O4S2. The van der Waals surface area contributed by atoms with Crippen molar-refractivity contribution in [3.05, 3.63) is 45.5 Å². The second-order valence-electron chi connectivity index (χ2n) is 7.68. The molecule has 9 nitrogen and oxygen atoms in total. The van der Waals surface area contributed by atoms with Crippen molar-refractivity contribution in [2.75, 3.05) is 23.9 Å². The standard InChI is InChI=1S/C24H21N5O4S2/c1-32-24(31)20-13-5-2-3-7-17(13)35-23(20)28-18(30)8-10-34-22-15(12-26)19(16-6-4-9-33-16)14(11-25)21(27)29-22/h4,6,9H,2-3,5,7-8,10H2,1H3,(H2,27,29)(H,28,30). The summed E-state index contributed by atoms with van der Waals surface area (Å²) >= 11 is 2.61. The van der Waals surface area contributed by atoms with Gasteiger partial charge in [-0.2, -0.15) is 10.5 Å². The number of aromatic nitrogens is 1. The van der Waals surface area contributed by atoms with Gasteiger partial charge in [-0.1, -0.05) is 0 Å². The predicted octanol–water partition coefficient (Wildman–Crippen LogP) is 4.51. The maximum absolute atomic E-state index is 12.7. The molecule has 178 valence electrons. The number of esters is 1. The predicted molar refractivity (Wildman–Crippen MR) is 132 cm³/mol. The van der Waals surface area contributed by atoms with Gasteiger partial charge in [0.2, 0.25) is 5.91 Å². The lowest BCUT2D eigenvalue weighted by Crippen LogP contribution is -2.15. The number of furan rings is 1. The number of nitrogens with one attached hydrogen (secondary N) is 1. The molecule has 0 saturated heterocycles. The number of rotatable bonds is 7. The zero-order chi connectivity index (χ0) is 24.9. The normalized spacial score (nSPS) is 12.3. The molecule has 0 bridgehead atoms. The Morgan fingerprint density at radius 2 is 2.06 bits per heavy atom. The number of ether oxygens (including phenoxy) is 1. The number of hydrogen-bond donors (Lipinski definition) is 2. The lowest BCUT2D eigenvalue weighted by Gasteiger charge is -2.12. The Bertz CT molecular complexity index is 1370. The van der Waals surface area contributed by atoms with Crippen molar-refractivity contribution in [3.63, 3.8) is 0 Å². The number of carbonyl (C=O) groups is 2. The van der Waals surface area contributed by atoms with Crippen LogP contribution in [-0.2, 0) is 22.4 Å². The largest absolute Gasteiger partial charge is 0.465 e. The molecule has 3 aromatic heterocycles. The Kier molecular flexibility index (Phi) is 7.39. The number of amides is 1. The lowest BCUT2D eigenvalue weighted by atomic mass is 9.95. The number of methoxy groups -OCH3 is 1. The molecule has 35 heavy (non-hydrogen) atoms. The molecule has 0 atom stereocenters. The van der Waals surface area contributed by atoms with Gasteiger partial charge in [-0.15, -0.1) is 23.1 Å². The Morgan fingerprint density at radius 1 is 1.29 bits per heavy atom. The SMILES string of the molecule is COC(=O)c1c(NC(=O)CCSc2nc(N)c(C#N)c(-c3ccco3)c2C#N)sc2c1CCCC2. The van der Waals surface area contributed by atoms with Gasteiger partial charge in [0.05, 0.1) is 30.1 Å². The highest BCUT2D eigenvalue weighted by atomic mass is 32.2. The topological polar surface area (TPSA) is 155 Å². The number of pyridine rings is 1. The van der Waals surface area contributed by atoms with Gasteiger partial charge in [0.1, 0.15) is 39.3 Å². The summed E-state index contributed by atoms with van der Waals surface area (Å²) in [5.74, 6) is -0.0987. The van der Waals surface area contributed by atoms with Crippen LogP contribution in [-0.4, -0.2) is 29.7 Å². The van der Waals surface area contributed by atoms with Gasteiger partial charge in [-0.25, -0.2) is 9.78 Å². The molecule has 3 N–H and O–H groups in total. The minimum Gasteiger partial charge on any atom is -0.465 e. The number of nitrogen functional groups attached to an aromatic ring is 1. The van der Waals surface area contributed by atoms with Gasteiger partial charge >= 0.3 is 5.97 Å². The Hall–Kier alpha value is -3.80. The second kappa shape index (κ2) is 10.6. The summed E-state index contributed by atoms with van der Waals surface area (Å²) in [6.07, 6.45) is 5.28. The van der Waals surface area contributed by atoms with E-state index in [0.29, 0.717) is 27.1 Å². The zero-order valence-electron chi connectivity index (χ0n) is 18.8. The van der Waals surface area contributed by atoms with E-state index in [1.807, 2.05) is 6.07 Å². The number of thioether (sulfide) groups is 1. The Labute approximate surface area is 209 Å². The second-order valence-corrected chi connectivity index (χ2v) is 9.87. The van der Waals surface area contributed by atoms with Crippen LogP contribution >= 0.6 is 23.1 Å². The fraction of sp³-hybridized carbons (Fsp3) is 0.292. The molecule has 0 radical (unpaired) electrons. The highest BCUT2D eigenvalue weighted by Gasteiger charge is 2.27. The van der Waals surface area contributed by atoms with Crippen LogP contribution in [0.3, 0.4) is 0 Å². The first-order valence-electron chi connectivity index (χ1n) is 10.8. The average Bonchev–Trinajstić information content (AvgIpc) is 3.51. The van der Waals surface area contributed by atoms with Crippen molar-refractivity contribution in [3.8, 4) is 23.5 Å². The van der Waals surface area contributed by atoms with Crippen LogP contribution in [0.15, 0.2) is 27.8 Å². The summed E-state index contributed by atoms with van der Waals surface area (Å²) in [7, 11) is 1.33. The van der Waals surface area contributed by atoms with Crippen molar-refractivity contribution >= 4 is 45.8 Å². The highest BCUT2D eigenvalue weighted by molar-refractivity contribution is 7.99. The van der Waals surface area contributed by atoms with Crippen LogP contribution in [0.2, 0.25) is 0 Å². The number of aryl methyl sites for hydroxylation is 1. The quantitative estimate of drug-likeness (QED) is 0.347. The number of nitriles is 2. The van der Waals surface area contributed by atoms with Gasteiger partial charge in [-0.3, -0.25) is 4.79 Å². The Morgan fingerprint density at radius 3 is 2.74 bits per heavy atom. The van der Waals surface area contributed by atoms with E-state index >= 15 is 0 Å². The van der Waals surface area contributed by atoms with E-state index in [1.165, 1.54) is 36.5 Å². The molecule has 1 amide bonds. The summed E-state index contributed by atoms with van der Waals surface area (Å²) in [5.41, 5.74) is 7.91. The maximum atomic E-state index is 12.7. The number of carbonyl (C=O) groups excluding carboxylic acids is 2. The molecule has 1 aliphatic rings. The fourth-order valence-corrected chi connectivity index (χ4v) is 6.20. The van der Waals surface area contributed by atoms with Crippen LogP contribution in [0.1, 0.15) is 51.2 Å². The summed E-state index contributed by atoms with van der Waals surface area (Å²) in [6.45, 7) is 0. The lowest BCUT2D eigenvalue weighted by molar-refractivity contribution is -0.115. The van der Waals surface area contributed by atoms with E-state index in [2.05, 4.69) is 16.4 Å². The van der Waals surface area contributed by atoms with E-state index in [9.17, 15) is 20.1 Å². The monoisotopic (exact) mass is 507 g/mol. The van der Waals surface area contributed by atoms with Gasteiger partial charge in [0.25, 0.3) is 0 Å². The first-order valence-corrected chi connectivity index (χ1v) is 12.6. The summed E-state index contributed by atoms with van der Waals surface area (Å²) in [6, 6.07) is 7.36. The first-order chi connectivity index (χ1) is 17.0. The molecule has 0 spiro atoms. The van der Waals surface area contributed by atoms with Crippen LogP contribution < -0.4 is 11.1 Å². The Balaban J connectivity index is 1.50. The molecule has 0 fully saturated rings. The van der Waals surface area contributed by atoms with Gasteiger partial charge in [0.15, 0.2) is 0 Å². The van der Waals surface area contributed by atoms with E-state index in [0.717, 1.165) is 36.1 Å². The molecule has 0 aromatic carbocycles. The van der Waals surface area contributed by atoms with E-state index in [4.69, 9.17) is 14.9 Å². The number of fused-ring (bicyclic) bond motifs is 1. The van der Waals surface area contributed by atoms with Crippen molar-refractivity contribution in [1.29, 1.82) is 10.5 Å². The van der Waals surface area contributed by atoms with E-state index in [-0.39, 0.29) is 34.8 Å². The summed E-state index contributed by atoms with van der Waals surface area (Å²) in [4.78, 5) is 30.4. The molecule has 0 aliphatic heterocycles.